The summed E-state index contributed by atoms with van der Waals surface area (Å²) in [5.74, 6) is -0.0220. The average molecular weight is 126 g/mol. The number of nitrogens with zero attached hydrogens (tertiary/aromatic N) is 1. The third-order valence-electron chi connectivity index (χ3n) is 0.726. The molecule has 1 rings (SSSR count). The van der Waals surface area contributed by atoms with E-state index in [1.165, 1.54) is 18.5 Å². The maximum absolute atomic E-state index is 10.4. The normalized spacial score (nSPS) is 9.12. The quantitative estimate of drug-likeness (QED) is 0.528. The maximum Gasteiger partial charge on any atom is 0.179 e. The predicted molar refractivity (Wildman–Crippen MR) is 31.0 cm³/mol. The Morgan fingerprint density at radius 3 is 3.00 bits per heavy atom. The molecular formula is C5H4NOS. The smallest absolute Gasteiger partial charge is 0.179 e. The second-order valence-corrected chi connectivity index (χ2v) is 1.99. The van der Waals surface area contributed by atoms with Crippen LogP contribution >= 0.6 is 11.5 Å². The first kappa shape index (κ1) is 5.44. The summed E-state index contributed by atoms with van der Waals surface area (Å²) in [7, 11) is 0. The van der Waals surface area contributed by atoms with Gasteiger partial charge in [0, 0.05) is 18.4 Å². The van der Waals surface area contributed by atoms with Gasteiger partial charge in [-0.3, -0.25) is 4.79 Å². The lowest BCUT2D eigenvalue weighted by Gasteiger charge is -1.77. The van der Waals surface area contributed by atoms with Gasteiger partial charge in [0.25, 0.3) is 0 Å². The van der Waals surface area contributed by atoms with E-state index < -0.39 is 0 Å². The van der Waals surface area contributed by atoms with E-state index in [1.807, 2.05) is 0 Å². The molecule has 0 aliphatic heterocycles. The Kier molecular flexibility index (Phi) is 1.39. The van der Waals surface area contributed by atoms with Crippen LogP contribution in [0.3, 0.4) is 0 Å². The van der Waals surface area contributed by atoms with Crippen LogP contribution in [0.15, 0.2) is 5.38 Å². The molecule has 0 unspecified atom stereocenters. The molecule has 0 amide bonds. The molecule has 0 N–H and O–H groups in total. The summed E-state index contributed by atoms with van der Waals surface area (Å²) in [6.45, 7) is 1.48. The van der Waals surface area contributed by atoms with E-state index in [4.69, 9.17) is 0 Å². The molecule has 41 valence electrons. The van der Waals surface area contributed by atoms with E-state index in [2.05, 4.69) is 10.4 Å². The first-order valence-corrected chi connectivity index (χ1v) is 2.97. The molecule has 0 fully saturated rings. The standard InChI is InChI=1S/C5H4NOS/c1-4(7)5-2-3-8-6-5/h3H,1H3. The van der Waals surface area contributed by atoms with E-state index in [0.29, 0.717) is 5.69 Å². The van der Waals surface area contributed by atoms with Gasteiger partial charge in [0.15, 0.2) is 5.78 Å². The Hall–Kier alpha value is -0.700. The highest BCUT2D eigenvalue weighted by atomic mass is 32.1. The zero-order valence-corrected chi connectivity index (χ0v) is 5.16. The summed E-state index contributed by atoms with van der Waals surface area (Å²) in [5.41, 5.74) is 0.440. The van der Waals surface area contributed by atoms with Gasteiger partial charge in [-0.25, -0.2) is 0 Å². The van der Waals surface area contributed by atoms with Crippen LogP contribution in [-0.4, -0.2) is 10.2 Å². The summed E-state index contributed by atoms with van der Waals surface area (Å²) in [6.07, 6.45) is 0. The molecule has 0 saturated carbocycles. The van der Waals surface area contributed by atoms with Crippen molar-refractivity contribution in [3.8, 4) is 0 Å². The highest BCUT2D eigenvalue weighted by molar-refractivity contribution is 7.03. The minimum atomic E-state index is -0.0220. The molecule has 8 heavy (non-hydrogen) atoms. The first-order valence-electron chi connectivity index (χ1n) is 2.13. The molecule has 0 bridgehead atoms. The number of carbonyl (C=O) groups is 1. The number of ketones is 1. The third-order valence-corrected chi connectivity index (χ3v) is 1.24. The van der Waals surface area contributed by atoms with Crippen molar-refractivity contribution in [1.29, 1.82) is 0 Å². The van der Waals surface area contributed by atoms with E-state index in [0.717, 1.165) is 0 Å². The summed E-state index contributed by atoms with van der Waals surface area (Å²) >= 11 is 1.24. The predicted octanol–water partition coefficient (Wildman–Crippen LogP) is 1.15. The van der Waals surface area contributed by atoms with E-state index >= 15 is 0 Å². The second-order valence-electron chi connectivity index (χ2n) is 1.36. The van der Waals surface area contributed by atoms with Crippen molar-refractivity contribution in [3.63, 3.8) is 0 Å². The van der Waals surface area contributed by atoms with Gasteiger partial charge in [0.05, 0.1) is 0 Å². The molecule has 0 aliphatic rings. The molecule has 0 spiro atoms. The number of rotatable bonds is 1. The maximum atomic E-state index is 10.4. The van der Waals surface area contributed by atoms with Gasteiger partial charge in [-0.15, -0.1) is 0 Å². The van der Waals surface area contributed by atoms with E-state index in [1.54, 1.807) is 5.38 Å². The van der Waals surface area contributed by atoms with Crippen molar-refractivity contribution in [2.45, 2.75) is 6.92 Å². The fraction of sp³-hybridized carbons (Fsp3) is 0.200. The van der Waals surface area contributed by atoms with Gasteiger partial charge >= 0.3 is 0 Å². The second kappa shape index (κ2) is 2.05. The van der Waals surface area contributed by atoms with E-state index in [9.17, 15) is 4.79 Å². The Labute approximate surface area is 51.3 Å². The van der Waals surface area contributed by atoms with Gasteiger partial charge in [0.2, 0.25) is 0 Å². The molecule has 0 aliphatic carbocycles. The fourth-order valence-corrected chi connectivity index (χ4v) is 0.857. The van der Waals surface area contributed by atoms with E-state index in [-0.39, 0.29) is 5.78 Å². The molecule has 0 aromatic carbocycles. The lowest BCUT2D eigenvalue weighted by Crippen LogP contribution is -1.89. The van der Waals surface area contributed by atoms with Gasteiger partial charge in [-0.1, -0.05) is 0 Å². The van der Waals surface area contributed by atoms with Crippen LogP contribution in [0, 0.1) is 6.07 Å². The Bertz CT molecular complexity index is 180. The lowest BCUT2D eigenvalue weighted by molar-refractivity contribution is 0.101. The molecule has 1 aromatic rings. The number of hydrogen-bond donors (Lipinski definition) is 0. The molecule has 0 atom stereocenters. The van der Waals surface area contributed by atoms with Crippen LogP contribution in [0.5, 0.6) is 0 Å². The SMILES string of the molecule is CC(=O)c1[c]csn1. The molecule has 0 saturated heterocycles. The van der Waals surface area contributed by atoms with Crippen molar-refractivity contribution in [3.05, 3.63) is 17.1 Å². The Balaban J connectivity index is 2.93. The topological polar surface area (TPSA) is 30.0 Å². The number of Topliss-reactive ketones (excluding diaryl/α,β-unsaturated/α-hetero) is 1. The first-order chi connectivity index (χ1) is 3.80. The van der Waals surface area contributed by atoms with Crippen LogP contribution in [-0.2, 0) is 0 Å². The number of aromatic nitrogens is 1. The van der Waals surface area contributed by atoms with Gasteiger partial charge in [0.1, 0.15) is 5.69 Å². The molecular weight excluding hydrogens is 122 g/mol. The molecule has 1 aromatic heterocycles. The monoisotopic (exact) mass is 126 g/mol. The largest absolute Gasteiger partial charge is 0.293 e. The van der Waals surface area contributed by atoms with Crippen molar-refractivity contribution >= 4 is 17.3 Å². The van der Waals surface area contributed by atoms with Gasteiger partial charge < -0.3 is 0 Å². The van der Waals surface area contributed by atoms with Crippen molar-refractivity contribution < 1.29 is 4.79 Å². The van der Waals surface area contributed by atoms with Crippen LogP contribution in [0.25, 0.3) is 0 Å². The minimum absolute atomic E-state index is 0.0220. The average Bonchev–Trinajstić information content (AvgIpc) is 2.12. The van der Waals surface area contributed by atoms with Crippen LogP contribution < -0.4 is 0 Å². The minimum Gasteiger partial charge on any atom is -0.293 e. The summed E-state index contributed by atoms with van der Waals surface area (Å²) in [6, 6.07) is 2.69. The zero-order valence-electron chi connectivity index (χ0n) is 4.34. The summed E-state index contributed by atoms with van der Waals surface area (Å²) < 4.78 is 3.75. The van der Waals surface area contributed by atoms with Crippen LogP contribution in [0.1, 0.15) is 17.4 Å². The van der Waals surface area contributed by atoms with Crippen molar-refractivity contribution in [1.82, 2.24) is 4.37 Å². The molecule has 1 heterocycles. The summed E-state index contributed by atoms with van der Waals surface area (Å²) in [4.78, 5) is 10.4. The Morgan fingerprint density at radius 2 is 2.75 bits per heavy atom. The molecule has 1 radical (unpaired) electrons. The fourth-order valence-electron chi connectivity index (χ4n) is 0.353. The highest BCUT2D eigenvalue weighted by Crippen LogP contribution is 1.97. The molecule has 3 heteroatoms. The summed E-state index contributed by atoms with van der Waals surface area (Å²) in [5, 5.41) is 1.66. The van der Waals surface area contributed by atoms with Gasteiger partial charge in [-0.05, 0) is 11.5 Å². The van der Waals surface area contributed by atoms with Gasteiger partial charge in [-0.2, -0.15) is 4.37 Å². The number of carbonyl (C=O) groups excluding carboxylic acids is 1. The lowest BCUT2D eigenvalue weighted by atomic mass is 10.3. The third kappa shape index (κ3) is 0.924. The van der Waals surface area contributed by atoms with Crippen molar-refractivity contribution in [2.24, 2.45) is 0 Å². The van der Waals surface area contributed by atoms with Crippen LogP contribution in [0.4, 0.5) is 0 Å². The number of hydrogen-bond acceptors (Lipinski definition) is 3. The van der Waals surface area contributed by atoms with Crippen molar-refractivity contribution in [2.75, 3.05) is 0 Å². The highest BCUT2D eigenvalue weighted by Gasteiger charge is 1.98. The Morgan fingerprint density at radius 1 is 2.00 bits per heavy atom. The zero-order chi connectivity index (χ0) is 5.98. The van der Waals surface area contributed by atoms with Crippen LogP contribution in [0.2, 0.25) is 0 Å². The molecule has 2 nitrogen and oxygen atoms in total.